The topological polar surface area (TPSA) is 85.3 Å². The van der Waals surface area contributed by atoms with Crippen LogP contribution in [-0.4, -0.2) is 37.1 Å². The molecule has 0 saturated carbocycles. The number of Topliss-reactive ketones (excluding diaryl/α,β-unsaturated/α-hetero) is 1. The van der Waals surface area contributed by atoms with Gasteiger partial charge in [0, 0.05) is 11.6 Å². The third kappa shape index (κ3) is 4.84. The molecule has 1 unspecified atom stereocenters. The minimum atomic E-state index is -1.29. The van der Waals surface area contributed by atoms with E-state index in [0.29, 0.717) is 36.0 Å². The van der Waals surface area contributed by atoms with Crippen LogP contribution >= 0.6 is 0 Å². The SMILES string of the molecule is CCOc1cccc(/C(O)=C2\C(=O)C(=O)N(c3cc(F)ccc3F)C2c2ccc(OC)c(OCC)c2)c1. The van der Waals surface area contributed by atoms with E-state index in [2.05, 4.69) is 0 Å². The molecule has 1 N–H and O–H groups in total. The molecule has 192 valence electrons. The van der Waals surface area contributed by atoms with Gasteiger partial charge < -0.3 is 19.3 Å². The second kappa shape index (κ2) is 10.7. The summed E-state index contributed by atoms with van der Waals surface area (Å²) in [6.45, 7) is 4.24. The molecule has 7 nitrogen and oxygen atoms in total. The number of nitrogens with zero attached hydrogens (tertiary/aromatic N) is 1. The number of aliphatic hydroxyl groups is 1. The number of rotatable bonds is 8. The van der Waals surface area contributed by atoms with Gasteiger partial charge in [-0.3, -0.25) is 14.5 Å². The van der Waals surface area contributed by atoms with Crippen molar-refractivity contribution in [2.75, 3.05) is 25.2 Å². The first-order valence-electron chi connectivity index (χ1n) is 11.6. The largest absolute Gasteiger partial charge is 0.507 e. The molecular weight excluding hydrogens is 484 g/mol. The van der Waals surface area contributed by atoms with Gasteiger partial charge in [0.05, 0.1) is 37.6 Å². The molecule has 1 aliphatic rings. The highest BCUT2D eigenvalue weighted by atomic mass is 19.1. The summed E-state index contributed by atoms with van der Waals surface area (Å²) in [5, 5.41) is 11.3. The molecule has 3 aromatic rings. The van der Waals surface area contributed by atoms with Crippen molar-refractivity contribution in [1.29, 1.82) is 0 Å². The molecule has 3 aromatic carbocycles. The van der Waals surface area contributed by atoms with Crippen molar-refractivity contribution in [2.24, 2.45) is 0 Å². The van der Waals surface area contributed by atoms with Crippen LogP contribution in [0.15, 0.2) is 66.2 Å². The molecule has 1 saturated heterocycles. The average molecular weight is 510 g/mol. The van der Waals surface area contributed by atoms with Gasteiger partial charge in [-0.2, -0.15) is 0 Å². The Labute approximate surface area is 212 Å². The number of anilines is 1. The number of aliphatic hydroxyl groups excluding tert-OH is 1. The number of hydrogen-bond donors (Lipinski definition) is 1. The summed E-state index contributed by atoms with van der Waals surface area (Å²) >= 11 is 0. The maximum Gasteiger partial charge on any atom is 0.300 e. The molecule has 4 rings (SSSR count). The van der Waals surface area contributed by atoms with E-state index in [1.54, 1.807) is 44.2 Å². The molecule has 1 fully saturated rings. The molecule has 1 atom stereocenters. The van der Waals surface area contributed by atoms with Crippen molar-refractivity contribution in [2.45, 2.75) is 19.9 Å². The highest BCUT2D eigenvalue weighted by molar-refractivity contribution is 6.51. The summed E-state index contributed by atoms with van der Waals surface area (Å²) in [5.74, 6) is -3.23. The van der Waals surface area contributed by atoms with Crippen LogP contribution in [-0.2, 0) is 9.59 Å². The fourth-order valence-corrected chi connectivity index (χ4v) is 4.25. The fraction of sp³-hybridized carbons (Fsp3) is 0.214. The average Bonchev–Trinajstić information content (AvgIpc) is 3.15. The molecule has 0 aliphatic carbocycles. The summed E-state index contributed by atoms with van der Waals surface area (Å²) in [4.78, 5) is 27.4. The lowest BCUT2D eigenvalue weighted by Gasteiger charge is -2.26. The third-order valence-electron chi connectivity index (χ3n) is 5.83. The number of carbonyl (C=O) groups is 2. The van der Waals surface area contributed by atoms with E-state index in [0.717, 1.165) is 23.1 Å². The van der Waals surface area contributed by atoms with Crippen LogP contribution in [0.2, 0.25) is 0 Å². The molecule has 37 heavy (non-hydrogen) atoms. The van der Waals surface area contributed by atoms with Crippen LogP contribution in [0.4, 0.5) is 14.5 Å². The Morgan fingerprint density at radius 2 is 1.70 bits per heavy atom. The maximum atomic E-state index is 14.9. The van der Waals surface area contributed by atoms with Crippen LogP contribution in [0.3, 0.4) is 0 Å². The Morgan fingerprint density at radius 1 is 0.946 bits per heavy atom. The van der Waals surface area contributed by atoms with Crippen molar-refractivity contribution in [1.82, 2.24) is 0 Å². The molecule has 0 bridgehead atoms. The van der Waals surface area contributed by atoms with Gasteiger partial charge in [0.2, 0.25) is 0 Å². The Kier molecular flexibility index (Phi) is 7.42. The molecule has 1 heterocycles. The highest BCUT2D eigenvalue weighted by Gasteiger charge is 2.48. The number of ketones is 1. The zero-order chi connectivity index (χ0) is 26.7. The van der Waals surface area contributed by atoms with Gasteiger partial charge >= 0.3 is 0 Å². The third-order valence-corrected chi connectivity index (χ3v) is 5.83. The number of hydrogen-bond acceptors (Lipinski definition) is 6. The normalized spacial score (nSPS) is 16.7. The summed E-state index contributed by atoms with van der Waals surface area (Å²) in [6, 6.07) is 12.3. The van der Waals surface area contributed by atoms with E-state index in [1.807, 2.05) is 0 Å². The second-order valence-electron chi connectivity index (χ2n) is 8.07. The van der Waals surface area contributed by atoms with E-state index in [1.165, 1.54) is 19.2 Å². The van der Waals surface area contributed by atoms with Crippen molar-refractivity contribution < 1.29 is 37.7 Å². The van der Waals surface area contributed by atoms with Crippen LogP contribution in [0.5, 0.6) is 17.2 Å². The number of ether oxygens (including phenoxy) is 3. The van der Waals surface area contributed by atoms with E-state index in [4.69, 9.17) is 14.2 Å². The minimum absolute atomic E-state index is 0.215. The zero-order valence-electron chi connectivity index (χ0n) is 20.5. The molecule has 0 radical (unpaired) electrons. The minimum Gasteiger partial charge on any atom is -0.507 e. The summed E-state index contributed by atoms with van der Waals surface area (Å²) < 4.78 is 45.5. The van der Waals surface area contributed by atoms with Crippen molar-refractivity contribution in [3.05, 3.63) is 89.0 Å². The fourth-order valence-electron chi connectivity index (χ4n) is 4.25. The summed E-state index contributed by atoms with van der Waals surface area (Å²) in [5.41, 5.74) is -0.209. The van der Waals surface area contributed by atoms with Crippen molar-refractivity contribution >= 4 is 23.1 Å². The van der Waals surface area contributed by atoms with E-state index in [-0.39, 0.29) is 11.1 Å². The number of benzene rings is 3. The second-order valence-corrected chi connectivity index (χ2v) is 8.07. The maximum absolute atomic E-state index is 14.9. The standard InChI is InChI=1S/C28H25F2NO6/c1-4-36-19-8-6-7-17(13-19)26(32)24-25(16-9-12-22(35-3)23(14-16)37-5-2)31(28(34)27(24)33)21-15-18(29)10-11-20(21)30/h6-15,25,32H,4-5H2,1-3H3/b26-24+. The number of carbonyl (C=O) groups excluding carboxylic acids is 2. The van der Waals surface area contributed by atoms with E-state index < -0.39 is 40.8 Å². The quantitative estimate of drug-likeness (QED) is 0.249. The molecular formula is C28H25F2NO6. The predicted octanol–water partition coefficient (Wildman–Crippen LogP) is 5.40. The Hall–Kier alpha value is -4.40. The van der Waals surface area contributed by atoms with Gasteiger partial charge in [0.15, 0.2) is 11.5 Å². The number of amides is 1. The van der Waals surface area contributed by atoms with Gasteiger partial charge in [0.25, 0.3) is 11.7 Å². The van der Waals surface area contributed by atoms with Gasteiger partial charge in [-0.1, -0.05) is 18.2 Å². The molecule has 9 heteroatoms. The van der Waals surface area contributed by atoms with Gasteiger partial charge in [0.1, 0.15) is 23.1 Å². The summed E-state index contributed by atoms with van der Waals surface area (Å²) in [6.07, 6.45) is 0. The summed E-state index contributed by atoms with van der Waals surface area (Å²) in [7, 11) is 1.46. The highest BCUT2D eigenvalue weighted by Crippen LogP contribution is 2.45. The van der Waals surface area contributed by atoms with Crippen molar-refractivity contribution in [3.8, 4) is 17.2 Å². The first-order valence-corrected chi connectivity index (χ1v) is 11.6. The van der Waals surface area contributed by atoms with Crippen molar-refractivity contribution in [3.63, 3.8) is 0 Å². The first kappa shape index (κ1) is 25.7. The van der Waals surface area contributed by atoms with Crippen LogP contribution < -0.4 is 19.1 Å². The number of halogens is 2. The van der Waals surface area contributed by atoms with Crippen LogP contribution in [0.1, 0.15) is 31.0 Å². The van der Waals surface area contributed by atoms with Crippen LogP contribution in [0, 0.1) is 11.6 Å². The predicted molar refractivity (Wildman–Crippen MR) is 133 cm³/mol. The Balaban J connectivity index is 1.98. The Bertz CT molecular complexity index is 1390. The first-order chi connectivity index (χ1) is 17.8. The zero-order valence-corrected chi connectivity index (χ0v) is 20.5. The Morgan fingerprint density at radius 3 is 2.41 bits per heavy atom. The van der Waals surface area contributed by atoms with Crippen LogP contribution in [0.25, 0.3) is 5.76 Å². The number of methoxy groups -OCH3 is 1. The lowest BCUT2D eigenvalue weighted by molar-refractivity contribution is -0.132. The van der Waals surface area contributed by atoms with E-state index >= 15 is 0 Å². The smallest absolute Gasteiger partial charge is 0.300 e. The lowest BCUT2D eigenvalue weighted by Crippen LogP contribution is -2.30. The van der Waals surface area contributed by atoms with Gasteiger partial charge in [-0.05, 0) is 55.8 Å². The molecule has 0 aromatic heterocycles. The van der Waals surface area contributed by atoms with Gasteiger partial charge in [-0.15, -0.1) is 0 Å². The molecule has 1 aliphatic heterocycles. The molecule has 0 spiro atoms. The lowest BCUT2D eigenvalue weighted by atomic mass is 9.94. The monoisotopic (exact) mass is 509 g/mol. The molecule has 1 amide bonds. The van der Waals surface area contributed by atoms with E-state index in [9.17, 15) is 23.5 Å². The van der Waals surface area contributed by atoms with Gasteiger partial charge in [-0.25, -0.2) is 8.78 Å².